The third-order valence-corrected chi connectivity index (χ3v) is 5.00. The Bertz CT molecular complexity index is 1460. The van der Waals surface area contributed by atoms with Crippen molar-refractivity contribution in [1.82, 2.24) is 18.7 Å². The minimum absolute atomic E-state index is 0.357. The Morgan fingerprint density at radius 3 is 2.50 bits per heavy atom. The first kappa shape index (κ1) is 16.3. The Morgan fingerprint density at radius 2 is 1.68 bits per heavy atom. The molecule has 0 aliphatic carbocycles. The summed E-state index contributed by atoms with van der Waals surface area (Å²) in [6.07, 6.45) is 5.10. The number of aromatic nitrogens is 4. The number of aryl methyl sites for hydroxylation is 1. The number of benzene rings is 2. The van der Waals surface area contributed by atoms with Crippen LogP contribution in [0.2, 0.25) is 0 Å². The van der Waals surface area contributed by atoms with Crippen molar-refractivity contribution in [3.63, 3.8) is 0 Å². The second-order valence-electron chi connectivity index (χ2n) is 6.66. The van der Waals surface area contributed by atoms with Crippen molar-refractivity contribution in [1.29, 1.82) is 0 Å². The first-order valence-electron chi connectivity index (χ1n) is 8.88. The third-order valence-electron chi connectivity index (χ3n) is 5.00. The van der Waals surface area contributed by atoms with Gasteiger partial charge in [-0.15, -0.1) is 0 Å². The summed E-state index contributed by atoms with van der Waals surface area (Å²) >= 11 is 0. The maximum Gasteiger partial charge on any atom is 0.340 e. The lowest BCUT2D eigenvalue weighted by atomic mass is 10.2. The lowest BCUT2D eigenvalue weighted by molar-refractivity contribution is 0.831. The number of rotatable bonds is 2. The van der Waals surface area contributed by atoms with Crippen LogP contribution >= 0.6 is 0 Å². The van der Waals surface area contributed by atoms with Gasteiger partial charge in [-0.2, -0.15) is 0 Å². The summed E-state index contributed by atoms with van der Waals surface area (Å²) in [5.41, 5.74) is 1.94. The molecule has 0 N–H and O–H groups in total. The maximum atomic E-state index is 13.5. The predicted octanol–water partition coefficient (Wildman–Crippen LogP) is 3.03. The molecule has 6 nitrogen and oxygen atoms in total. The van der Waals surface area contributed by atoms with Crippen LogP contribution in [0.4, 0.5) is 0 Å². The fourth-order valence-corrected chi connectivity index (χ4v) is 3.61. The van der Waals surface area contributed by atoms with E-state index < -0.39 is 5.69 Å². The molecule has 136 valence electrons. The van der Waals surface area contributed by atoms with Gasteiger partial charge in [0.2, 0.25) is 0 Å². The lowest BCUT2D eigenvalue weighted by Gasteiger charge is -2.14. The molecule has 28 heavy (non-hydrogen) atoms. The van der Waals surface area contributed by atoms with Gasteiger partial charge < -0.3 is 4.57 Å². The fourth-order valence-electron chi connectivity index (χ4n) is 3.61. The zero-order valence-electron chi connectivity index (χ0n) is 15.1. The molecule has 0 atom stereocenters. The molecule has 2 aromatic carbocycles. The number of fused-ring (bicyclic) bond motifs is 2. The monoisotopic (exact) mass is 368 g/mol. The molecule has 5 aromatic rings. The summed E-state index contributed by atoms with van der Waals surface area (Å²) < 4.78 is 4.75. The van der Waals surface area contributed by atoms with Crippen LogP contribution in [0.3, 0.4) is 0 Å². The minimum Gasteiger partial charge on any atom is -0.350 e. The first-order valence-corrected chi connectivity index (χ1v) is 8.88. The lowest BCUT2D eigenvalue weighted by Crippen LogP contribution is -2.38. The highest BCUT2D eigenvalue weighted by molar-refractivity contribution is 5.84. The van der Waals surface area contributed by atoms with Crippen LogP contribution < -0.4 is 11.2 Å². The molecule has 6 heteroatoms. The van der Waals surface area contributed by atoms with Gasteiger partial charge >= 0.3 is 5.69 Å². The number of pyridine rings is 1. The SMILES string of the molecule is Cn1ccc2ccc(-n3c(=O)n(-c4cccnc4)c(=O)c4ccccc43)cc21. The minimum atomic E-state index is -0.426. The summed E-state index contributed by atoms with van der Waals surface area (Å²) in [5, 5.41) is 1.56. The molecule has 0 saturated heterocycles. The van der Waals surface area contributed by atoms with Crippen molar-refractivity contribution in [2.24, 2.45) is 7.05 Å². The molecule has 0 fully saturated rings. The van der Waals surface area contributed by atoms with Crippen molar-refractivity contribution >= 4 is 21.8 Å². The Hall–Kier alpha value is -3.93. The summed E-state index contributed by atoms with van der Waals surface area (Å²) in [6.45, 7) is 0. The first-order chi connectivity index (χ1) is 13.6. The molecular formula is C22H16N4O2. The highest BCUT2D eigenvalue weighted by Gasteiger charge is 2.16. The molecule has 3 aromatic heterocycles. The summed E-state index contributed by atoms with van der Waals surface area (Å²) in [6, 6.07) is 18.4. The third kappa shape index (κ3) is 2.31. The van der Waals surface area contributed by atoms with Crippen LogP contribution in [0.25, 0.3) is 33.2 Å². The van der Waals surface area contributed by atoms with E-state index >= 15 is 0 Å². The van der Waals surface area contributed by atoms with Gasteiger partial charge in [-0.1, -0.05) is 18.2 Å². The van der Waals surface area contributed by atoms with Crippen LogP contribution in [0, 0.1) is 0 Å². The molecular weight excluding hydrogens is 352 g/mol. The summed E-state index contributed by atoms with van der Waals surface area (Å²) in [4.78, 5) is 30.6. The molecule has 3 heterocycles. The quantitative estimate of drug-likeness (QED) is 0.481. The Balaban J connectivity index is 1.94. The average Bonchev–Trinajstić information content (AvgIpc) is 3.09. The molecule has 0 amide bonds. The number of para-hydroxylation sites is 1. The van der Waals surface area contributed by atoms with Gasteiger partial charge in [0.25, 0.3) is 5.56 Å². The van der Waals surface area contributed by atoms with E-state index in [0.717, 1.165) is 10.9 Å². The van der Waals surface area contributed by atoms with E-state index in [2.05, 4.69) is 4.98 Å². The van der Waals surface area contributed by atoms with Crippen LogP contribution in [0.15, 0.2) is 88.8 Å². The van der Waals surface area contributed by atoms with Crippen LogP contribution in [-0.2, 0) is 7.05 Å². The van der Waals surface area contributed by atoms with Crippen LogP contribution in [0.1, 0.15) is 0 Å². The van der Waals surface area contributed by atoms with E-state index in [1.54, 1.807) is 41.1 Å². The Morgan fingerprint density at radius 1 is 0.821 bits per heavy atom. The smallest absolute Gasteiger partial charge is 0.340 e. The molecule has 0 bridgehead atoms. The highest BCUT2D eigenvalue weighted by atomic mass is 16.2. The second kappa shape index (κ2) is 6.06. The predicted molar refractivity (Wildman–Crippen MR) is 109 cm³/mol. The van der Waals surface area contributed by atoms with Gasteiger partial charge in [-0.3, -0.25) is 14.3 Å². The molecule has 0 unspecified atom stereocenters. The van der Waals surface area contributed by atoms with Crippen molar-refractivity contribution < 1.29 is 0 Å². The van der Waals surface area contributed by atoms with Crippen molar-refractivity contribution in [2.45, 2.75) is 0 Å². The van der Waals surface area contributed by atoms with Crippen molar-refractivity contribution in [2.75, 3.05) is 0 Å². The van der Waals surface area contributed by atoms with Crippen molar-refractivity contribution in [3.05, 3.63) is 100 Å². The summed E-state index contributed by atoms with van der Waals surface area (Å²) in [7, 11) is 1.96. The van der Waals surface area contributed by atoms with E-state index in [4.69, 9.17) is 0 Å². The average molecular weight is 368 g/mol. The Kier molecular flexibility index (Phi) is 3.52. The molecule has 0 radical (unpaired) electrons. The normalized spacial score (nSPS) is 11.3. The topological polar surface area (TPSA) is 61.8 Å². The van der Waals surface area contributed by atoms with E-state index in [-0.39, 0.29) is 5.56 Å². The standard InChI is InChI=1S/C22H16N4O2/c1-24-12-10-15-8-9-16(13-20(15)24)25-19-7-3-2-6-18(19)21(27)26(22(25)28)17-5-4-11-23-14-17/h2-14H,1H3. The molecule has 0 spiro atoms. The Labute approximate surface area is 159 Å². The highest BCUT2D eigenvalue weighted by Crippen LogP contribution is 2.21. The van der Waals surface area contributed by atoms with Gasteiger partial charge in [0.05, 0.1) is 28.5 Å². The van der Waals surface area contributed by atoms with E-state index in [0.29, 0.717) is 22.3 Å². The van der Waals surface area contributed by atoms with Crippen LogP contribution in [-0.4, -0.2) is 18.7 Å². The molecule has 5 rings (SSSR count). The number of nitrogens with zero attached hydrogens (tertiary/aromatic N) is 4. The van der Waals surface area contributed by atoms with Crippen LogP contribution in [0.5, 0.6) is 0 Å². The zero-order valence-corrected chi connectivity index (χ0v) is 15.1. The molecule has 0 aliphatic rings. The van der Waals surface area contributed by atoms with E-state index in [9.17, 15) is 9.59 Å². The molecule has 0 aliphatic heterocycles. The summed E-state index contributed by atoms with van der Waals surface area (Å²) in [5.74, 6) is 0. The van der Waals surface area contributed by atoms with Gasteiger partial charge in [0, 0.05) is 25.0 Å². The fraction of sp³-hybridized carbons (Fsp3) is 0.0455. The number of hydrogen-bond acceptors (Lipinski definition) is 3. The van der Waals surface area contributed by atoms with Gasteiger partial charge in [0.1, 0.15) is 0 Å². The largest absolute Gasteiger partial charge is 0.350 e. The maximum absolute atomic E-state index is 13.5. The van der Waals surface area contributed by atoms with E-state index in [1.165, 1.54) is 10.8 Å². The van der Waals surface area contributed by atoms with Gasteiger partial charge in [-0.25, -0.2) is 9.36 Å². The van der Waals surface area contributed by atoms with E-state index in [1.807, 2.05) is 48.1 Å². The zero-order chi connectivity index (χ0) is 19.3. The number of hydrogen-bond donors (Lipinski definition) is 0. The molecule has 0 saturated carbocycles. The van der Waals surface area contributed by atoms with Gasteiger partial charge in [0.15, 0.2) is 0 Å². The van der Waals surface area contributed by atoms with Crippen molar-refractivity contribution in [3.8, 4) is 11.4 Å². The second-order valence-corrected chi connectivity index (χ2v) is 6.66. The van der Waals surface area contributed by atoms with Gasteiger partial charge in [-0.05, 0) is 47.9 Å².